The molecule has 0 aliphatic heterocycles. The highest BCUT2D eigenvalue weighted by Gasteiger charge is 2.47. The van der Waals surface area contributed by atoms with Crippen LogP contribution < -0.4 is 9.80 Å². The van der Waals surface area contributed by atoms with E-state index in [0.717, 1.165) is 29.2 Å². The SMILES string of the molecule is CCCCCCc1ccc(C2(c3ccc(C)cc3)c3cc(N(c4ccc(C)cc4)c4c(C)cc(C(C)(C)C)cc4C)ccc3-c3ccc(N(c4ccc(C)cc4)c4c(C)cc(C(C)(C)C)cc4C)cc32)cc1. The third-order valence-electron chi connectivity index (χ3n) is 15.6. The van der Waals surface area contributed by atoms with Gasteiger partial charge in [-0.2, -0.15) is 0 Å². The molecule has 0 N–H and O–H groups in total. The standard InChI is InChI=1S/C70H78N2/c1-15-16-17-18-19-53-26-30-55(31-27-53)70(54-28-20-46(2)21-29-54)64-44-60(71(58-32-22-47(3)23-33-58)66-49(5)40-56(41-50(66)6)68(9,10)11)36-38-62(64)63-39-37-61(45-65(63)70)72(59-34-24-48(4)25-35-59)67-51(7)42-57(43-52(67)8)69(12,13)14/h20-45H,15-19H2,1-14H3. The summed E-state index contributed by atoms with van der Waals surface area (Å²) in [7, 11) is 0. The minimum Gasteiger partial charge on any atom is -0.310 e. The molecule has 2 heteroatoms. The van der Waals surface area contributed by atoms with Gasteiger partial charge in [0.1, 0.15) is 0 Å². The zero-order valence-electron chi connectivity index (χ0n) is 45.9. The first-order valence-corrected chi connectivity index (χ1v) is 26.7. The molecule has 0 spiro atoms. The van der Waals surface area contributed by atoms with Crippen molar-refractivity contribution in [2.24, 2.45) is 0 Å². The topological polar surface area (TPSA) is 6.48 Å². The molecule has 0 atom stereocenters. The molecule has 0 unspecified atom stereocenters. The number of nitrogens with zero attached hydrogens (tertiary/aromatic N) is 2. The molecule has 0 fully saturated rings. The Morgan fingerprint density at radius 2 is 0.722 bits per heavy atom. The smallest absolute Gasteiger partial charge is 0.0715 e. The Balaban J connectivity index is 1.34. The van der Waals surface area contributed by atoms with Crippen molar-refractivity contribution in [1.29, 1.82) is 0 Å². The third kappa shape index (κ3) is 9.46. The Bertz CT molecular complexity index is 3010. The molecule has 8 aromatic carbocycles. The molecule has 1 aliphatic carbocycles. The lowest BCUT2D eigenvalue weighted by Crippen LogP contribution is -2.29. The summed E-state index contributed by atoms with van der Waals surface area (Å²) < 4.78 is 0. The zero-order valence-corrected chi connectivity index (χ0v) is 45.9. The van der Waals surface area contributed by atoms with E-state index in [0.29, 0.717) is 0 Å². The molecule has 368 valence electrons. The Morgan fingerprint density at radius 3 is 1.08 bits per heavy atom. The summed E-state index contributed by atoms with van der Waals surface area (Å²) >= 11 is 0. The van der Waals surface area contributed by atoms with Crippen molar-refractivity contribution >= 4 is 34.1 Å². The van der Waals surface area contributed by atoms with E-state index in [-0.39, 0.29) is 10.8 Å². The van der Waals surface area contributed by atoms with Gasteiger partial charge in [0.05, 0.1) is 16.8 Å². The lowest BCUT2D eigenvalue weighted by atomic mass is 9.67. The third-order valence-corrected chi connectivity index (χ3v) is 15.6. The quantitative estimate of drug-likeness (QED) is 0.106. The molecule has 0 heterocycles. The molecular weight excluding hydrogens is 869 g/mol. The lowest BCUT2D eigenvalue weighted by molar-refractivity contribution is 0.589. The number of fused-ring (bicyclic) bond motifs is 3. The van der Waals surface area contributed by atoms with Crippen LogP contribution in [0.4, 0.5) is 34.1 Å². The second-order valence-corrected chi connectivity index (χ2v) is 23.3. The molecular formula is C70H78N2. The molecule has 0 saturated heterocycles. The normalized spacial score (nSPS) is 13.0. The highest BCUT2D eigenvalue weighted by molar-refractivity contribution is 5.93. The van der Waals surface area contributed by atoms with E-state index in [9.17, 15) is 0 Å². The first-order chi connectivity index (χ1) is 34.3. The van der Waals surface area contributed by atoms with Gasteiger partial charge >= 0.3 is 0 Å². The van der Waals surface area contributed by atoms with Crippen LogP contribution in [-0.2, 0) is 22.7 Å². The van der Waals surface area contributed by atoms with Gasteiger partial charge in [-0.3, -0.25) is 0 Å². The van der Waals surface area contributed by atoms with Gasteiger partial charge in [0.2, 0.25) is 0 Å². The molecule has 0 saturated carbocycles. The van der Waals surface area contributed by atoms with Crippen molar-refractivity contribution in [2.75, 3.05) is 9.80 Å². The van der Waals surface area contributed by atoms with Gasteiger partial charge in [-0.15, -0.1) is 0 Å². The van der Waals surface area contributed by atoms with Crippen molar-refractivity contribution < 1.29 is 0 Å². The predicted molar refractivity (Wildman–Crippen MR) is 312 cm³/mol. The van der Waals surface area contributed by atoms with Crippen molar-refractivity contribution in [3.05, 3.63) is 236 Å². The van der Waals surface area contributed by atoms with Crippen molar-refractivity contribution in [2.45, 2.75) is 145 Å². The first kappa shape index (κ1) is 50.3. The van der Waals surface area contributed by atoms with E-state index < -0.39 is 5.41 Å². The average molecular weight is 947 g/mol. The van der Waals surface area contributed by atoms with Crippen LogP contribution >= 0.6 is 0 Å². The van der Waals surface area contributed by atoms with Crippen molar-refractivity contribution in [3.63, 3.8) is 0 Å². The van der Waals surface area contributed by atoms with Crippen LogP contribution in [0.3, 0.4) is 0 Å². The highest BCUT2D eigenvalue weighted by atomic mass is 15.2. The second-order valence-electron chi connectivity index (χ2n) is 23.3. The van der Waals surface area contributed by atoms with Gasteiger partial charge in [-0.1, -0.05) is 194 Å². The number of hydrogen-bond donors (Lipinski definition) is 0. The van der Waals surface area contributed by atoms with E-state index in [1.54, 1.807) is 0 Å². The summed E-state index contributed by atoms with van der Waals surface area (Å²) in [4.78, 5) is 5.05. The predicted octanol–water partition coefficient (Wildman–Crippen LogP) is 19.9. The largest absolute Gasteiger partial charge is 0.310 e. The maximum absolute atomic E-state index is 2.54. The van der Waals surface area contributed by atoms with Gasteiger partial charge in [0, 0.05) is 22.7 Å². The van der Waals surface area contributed by atoms with Crippen LogP contribution in [0.2, 0.25) is 0 Å². The minimum atomic E-state index is -0.649. The lowest BCUT2D eigenvalue weighted by Gasteiger charge is -2.36. The monoisotopic (exact) mass is 947 g/mol. The van der Waals surface area contributed by atoms with Crippen LogP contribution in [0.5, 0.6) is 0 Å². The summed E-state index contributed by atoms with van der Waals surface area (Å²) in [6.07, 6.45) is 6.10. The van der Waals surface area contributed by atoms with Gasteiger partial charge in [0.25, 0.3) is 0 Å². The molecule has 0 amide bonds. The molecule has 0 radical (unpaired) electrons. The number of unbranched alkanes of at least 4 members (excludes halogenated alkanes) is 3. The van der Waals surface area contributed by atoms with Crippen LogP contribution in [0.25, 0.3) is 11.1 Å². The average Bonchev–Trinajstić information content (AvgIpc) is 3.62. The Kier molecular flexibility index (Phi) is 13.8. The van der Waals surface area contributed by atoms with E-state index >= 15 is 0 Å². The number of benzene rings is 8. The fourth-order valence-electron chi connectivity index (χ4n) is 11.5. The molecule has 8 aromatic rings. The van der Waals surface area contributed by atoms with Gasteiger partial charge in [-0.25, -0.2) is 0 Å². The number of anilines is 6. The summed E-state index contributed by atoms with van der Waals surface area (Å²) in [5.41, 5.74) is 27.1. The number of hydrogen-bond acceptors (Lipinski definition) is 2. The van der Waals surface area contributed by atoms with Crippen molar-refractivity contribution in [3.8, 4) is 11.1 Å². The zero-order chi connectivity index (χ0) is 51.3. The van der Waals surface area contributed by atoms with E-state index in [1.807, 2.05) is 0 Å². The van der Waals surface area contributed by atoms with Gasteiger partial charge in [0.15, 0.2) is 0 Å². The van der Waals surface area contributed by atoms with Crippen LogP contribution in [0.1, 0.15) is 152 Å². The molecule has 2 nitrogen and oxygen atoms in total. The van der Waals surface area contributed by atoms with Crippen LogP contribution in [0, 0.1) is 48.5 Å². The summed E-state index contributed by atoms with van der Waals surface area (Å²) in [5.74, 6) is 0. The van der Waals surface area contributed by atoms with E-state index in [4.69, 9.17) is 0 Å². The summed E-state index contributed by atoms with van der Waals surface area (Å²) in [6.45, 7) is 31.9. The Hall–Kier alpha value is -6.64. The molecule has 72 heavy (non-hydrogen) atoms. The van der Waals surface area contributed by atoms with Gasteiger partial charge in [-0.05, 0) is 193 Å². The molecule has 0 bridgehead atoms. The summed E-state index contributed by atoms with van der Waals surface area (Å²) in [6, 6.07) is 61.7. The Labute approximate surface area is 433 Å². The fraction of sp³-hybridized carbons (Fsp3) is 0.314. The first-order valence-electron chi connectivity index (χ1n) is 26.7. The maximum atomic E-state index is 2.54. The van der Waals surface area contributed by atoms with Gasteiger partial charge < -0.3 is 9.80 Å². The molecule has 1 aliphatic rings. The maximum Gasteiger partial charge on any atom is 0.0715 e. The van der Waals surface area contributed by atoms with E-state index in [2.05, 4.69) is 264 Å². The number of aryl methyl sites for hydroxylation is 8. The molecule has 0 aromatic heterocycles. The molecule has 9 rings (SSSR count). The minimum absolute atomic E-state index is 0.0297. The second kappa shape index (κ2) is 19.8. The van der Waals surface area contributed by atoms with Crippen molar-refractivity contribution in [1.82, 2.24) is 0 Å². The van der Waals surface area contributed by atoms with Crippen LogP contribution in [-0.4, -0.2) is 0 Å². The summed E-state index contributed by atoms with van der Waals surface area (Å²) in [5, 5.41) is 0. The fourth-order valence-corrected chi connectivity index (χ4v) is 11.5. The number of rotatable bonds is 13. The van der Waals surface area contributed by atoms with Crippen LogP contribution in [0.15, 0.2) is 158 Å². The highest BCUT2D eigenvalue weighted by Crippen LogP contribution is 2.59. The Morgan fingerprint density at radius 1 is 0.375 bits per heavy atom. The van der Waals surface area contributed by atoms with E-state index in [1.165, 1.54) is 126 Å².